The van der Waals surface area contributed by atoms with Crippen LogP contribution in [0.5, 0.6) is 0 Å². The number of halogens is 1. The topological polar surface area (TPSA) is 46.2 Å². The van der Waals surface area contributed by atoms with Gasteiger partial charge in [0.15, 0.2) is 0 Å². The molecule has 0 saturated heterocycles. The lowest BCUT2D eigenvalue weighted by molar-refractivity contribution is 0.482. The van der Waals surface area contributed by atoms with Crippen molar-refractivity contribution < 1.29 is 8.42 Å². The van der Waals surface area contributed by atoms with E-state index in [1.807, 2.05) is 0 Å². The molecule has 0 fully saturated rings. The van der Waals surface area contributed by atoms with Crippen LogP contribution in [0, 0.1) is 0 Å². The summed E-state index contributed by atoms with van der Waals surface area (Å²) in [5.74, 6) is 0.732. The molecule has 17 heavy (non-hydrogen) atoms. The third-order valence-electron chi connectivity index (χ3n) is 2.69. The van der Waals surface area contributed by atoms with Crippen molar-refractivity contribution in [2.45, 2.75) is 64.8 Å². The molecule has 0 rings (SSSR count). The number of alkyl halides is 1. The highest BCUT2D eigenvalue weighted by molar-refractivity contribution is 7.89. The summed E-state index contributed by atoms with van der Waals surface area (Å²) in [5, 5.41) is 0. The number of hydrogen-bond acceptors (Lipinski definition) is 2. The predicted octanol–water partition coefficient (Wildman–Crippen LogP) is 3.28. The van der Waals surface area contributed by atoms with Crippen molar-refractivity contribution in [1.29, 1.82) is 0 Å². The summed E-state index contributed by atoms with van der Waals surface area (Å²) in [6.45, 7) is 4.21. The van der Waals surface area contributed by atoms with Gasteiger partial charge in [0.05, 0.1) is 5.75 Å². The normalized spacial score (nSPS) is 13.8. The van der Waals surface area contributed by atoms with Crippen LogP contribution in [0.1, 0.15) is 58.8 Å². The molecule has 1 unspecified atom stereocenters. The molecule has 0 heterocycles. The molecule has 1 atom stereocenters. The Morgan fingerprint density at radius 1 is 1.06 bits per heavy atom. The van der Waals surface area contributed by atoms with E-state index in [-0.39, 0.29) is 11.8 Å². The van der Waals surface area contributed by atoms with Crippen molar-refractivity contribution in [2.24, 2.45) is 0 Å². The largest absolute Gasteiger partial charge is 0.212 e. The smallest absolute Gasteiger partial charge is 0.211 e. The Morgan fingerprint density at radius 2 is 1.76 bits per heavy atom. The van der Waals surface area contributed by atoms with Crippen LogP contribution in [0.3, 0.4) is 0 Å². The van der Waals surface area contributed by atoms with Gasteiger partial charge >= 0.3 is 0 Å². The van der Waals surface area contributed by atoms with Gasteiger partial charge in [-0.05, 0) is 25.7 Å². The van der Waals surface area contributed by atoms with Crippen LogP contribution in [0.25, 0.3) is 0 Å². The van der Waals surface area contributed by atoms with Crippen LogP contribution >= 0.6 is 11.6 Å². The van der Waals surface area contributed by atoms with Gasteiger partial charge in [0.25, 0.3) is 0 Å². The molecule has 1 N–H and O–H groups in total. The van der Waals surface area contributed by atoms with E-state index in [1.165, 1.54) is 0 Å². The quantitative estimate of drug-likeness (QED) is 0.467. The van der Waals surface area contributed by atoms with Crippen molar-refractivity contribution in [3.8, 4) is 0 Å². The molecule has 0 saturated carbocycles. The minimum Gasteiger partial charge on any atom is -0.212 e. The summed E-state index contributed by atoms with van der Waals surface area (Å²) in [7, 11) is -3.11. The fraction of sp³-hybridized carbons (Fsp3) is 1.00. The van der Waals surface area contributed by atoms with Crippen LogP contribution in [0.2, 0.25) is 0 Å². The number of hydrogen-bond donors (Lipinski definition) is 1. The molecule has 0 aliphatic heterocycles. The molecule has 5 heteroatoms. The van der Waals surface area contributed by atoms with E-state index in [9.17, 15) is 8.42 Å². The number of nitrogens with one attached hydrogen (secondary N) is 1. The van der Waals surface area contributed by atoms with Crippen molar-refractivity contribution in [1.82, 2.24) is 4.72 Å². The second kappa shape index (κ2) is 10.2. The monoisotopic (exact) mass is 283 g/mol. The van der Waals surface area contributed by atoms with E-state index >= 15 is 0 Å². The van der Waals surface area contributed by atoms with Gasteiger partial charge < -0.3 is 0 Å². The zero-order valence-electron chi connectivity index (χ0n) is 11.0. The van der Waals surface area contributed by atoms with Crippen molar-refractivity contribution in [3.05, 3.63) is 0 Å². The Kier molecular flexibility index (Phi) is 10.3. The molecule has 0 bridgehead atoms. The summed E-state index contributed by atoms with van der Waals surface area (Å²) < 4.78 is 26.4. The van der Waals surface area contributed by atoms with Crippen LogP contribution in [0.15, 0.2) is 0 Å². The Bertz CT molecular complexity index is 268. The SMILES string of the molecule is CCCCC(CCC)NS(=O)(=O)CCCCCl. The summed E-state index contributed by atoms with van der Waals surface area (Å²) in [4.78, 5) is 0. The second-order valence-corrected chi connectivity index (χ2v) is 6.71. The third kappa shape index (κ3) is 9.86. The molecule has 0 aromatic heterocycles. The fourth-order valence-corrected chi connectivity index (χ4v) is 3.40. The van der Waals surface area contributed by atoms with Crippen molar-refractivity contribution in [3.63, 3.8) is 0 Å². The lowest BCUT2D eigenvalue weighted by Crippen LogP contribution is -2.36. The van der Waals surface area contributed by atoms with E-state index < -0.39 is 10.0 Å². The summed E-state index contributed by atoms with van der Waals surface area (Å²) in [5.41, 5.74) is 0. The van der Waals surface area contributed by atoms with E-state index in [0.717, 1.165) is 38.5 Å². The van der Waals surface area contributed by atoms with Crippen molar-refractivity contribution >= 4 is 21.6 Å². The first-order chi connectivity index (χ1) is 8.05. The van der Waals surface area contributed by atoms with Crippen LogP contribution in [-0.4, -0.2) is 26.1 Å². The average molecular weight is 284 g/mol. The standard InChI is InChI=1S/C12H26ClNO2S/c1-3-5-9-12(8-4-2)14-17(15,16)11-7-6-10-13/h12,14H,3-11H2,1-2H3. The first-order valence-electron chi connectivity index (χ1n) is 6.61. The van der Waals surface area contributed by atoms with E-state index in [0.29, 0.717) is 12.3 Å². The lowest BCUT2D eigenvalue weighted by Gasteiger charge is -2.17. The summed E-state index contributed by atoms with van der Waals surface area (Å²) in [6, 6.07) is 0.112. The van der Waals surface area contributed by atoms with Crippen LogP contribution in [0.4, 0.5) is 0 Å². The van der Waals surface area contributed by atoms with Crippen LogP contribution in [-0.2, 0) is 10.0 Å². The number of unbranched alkanes of at least 4 members (excludes halogenated alkanes) is 2. The first kappa shape index (κ1) is 17.2. The number of rotatable bonds is 11. The lowest BCUT2D eigenvalue weighted by atomic mass is 10.1. The van der Waals surface area contributed by atoms with Crippen molar-refractivity contribution in [2.75, 3.05) is 11.6 Å². The highest BCUT2D eigenvalue weighted by Gasteiger charge is 2.16. The minimum atomic E-state index is -3.11. The average Bonchev–Trinajstić information content (AvgIpc) is 2.26. The molecule has 0 aliphatic rings. The second-order valence-electron chi connectivity index (χ2n) is 4.46. The van der Waals surface area contributed by atoms with Gasteiger partial charge in [-0.25, -0.2) is 13.1 Å². The molecule has 0 amide bonds. The Hall–Kier alpha value is 0.200. The Morgan fingerprint density at radius 3 is 2.29 bits per heavy atom. The predicted molar refractivity (Wildman–Crippen MR) is 75.1 cm³/mol. The highest BCUT2D eigenvalue weighted by Crippen LogP contribution is 2.09. The molecular formula is C12H26ClNO2S. The molecule has 0 aromatic carbocycles. The fourth-order valence-electron chi connectivity index (χ4n) is 1.76. The third-order valence-corrected chi connectivity index (χ3v) is 4.47. The van der Waals surface area contributed by atoms with Gasteiger partial charge in [0.2, 0.25) is 10.0 Å². The molecule has 0 radical (unpaired) electrons. The molecule has 0 aromatic rings. The Balaban J connectivity index is 4.11. The van der Waals surface area contributed by atoms with E-state index in [1.54, 1.807) is 0 Å². The van der Waals surface area contributed by atoms with E-state index in [4.69, 9.17) is 11.6 Å². The van der Waals surface area contributed by atoms with Crippen LogP contribution < -0.4 is 4.72 Å². The zero-order valence-corrected chi connectivity index (χ0v) is 12.6. The van der Waals surface area contributed by atoms with E-state index in [2.05, 4.69) is 18.6 Å². The number of sulfonamides is 1. The molecule has 0 aliphatic carbocycles. The van der Waals surface area contributed by atoms with Gasteiger partial charge in [0, 0.05) is 11.9 Å². The van der Waals surface area contributed by atoms with Gasteiger partial charge in [-0.15, -0.1) is 11.6 Å². The first-order valence-corrected chi connectivity index (χ1v) is 8.80. The maximum atomic E-state index is 11.8. The molecular weight excluding hydrogens is 258 g/mol. The van der Waals surface area contributed by atoms with Gasteiger partial charge in [0.1, 0.15) is 0 Å². The maximum absolute atomic E-state index is 11.8. The summed E-state index contributed by atoms with van der Waals surface area (Å²) >= 11 is 5.54. The molecule has 104 valence electrons. The summed E-state index contributed by atoms with van der Waals surface area (Å²) in [6.07, 6.45) is 6.47. The Labute approximate surface area is 111 Å². The maximum Gasteiger partial charge on any atom is 0.211 e. The van der Waals surface area contributed by atoms with Gasteiger partial charge in [-0.2, -0.15) is 0 Å². The molecule has 3 nitrogen and oxygen atoms in total. The minimum absolute atomic E-state index is 0.112. The van der Waals surface area contributed by atoms with Gasteiger partial charge in [-0.3, -0.25) is 0 Å². The highest BCUT2D eigenvalue weighted by atomic mass is 35.5. The van der Waals surface area contributed by atoms with Gasteiger partial charge in [-0.1, -0.05) is 33.1 Å². The zero-order chi connectivity index (χ0) is 13.1. The molecule has 0 spiro atoms.